The van der Waals surface area contributed by atoms with Crippen molar-refractivity contribution in [2.75, 3.05) is 5.32 Å². The van der Waals surface area contributed by atoms with E-state index in [0.29, 0.717) is 0 Å². The minimum atomic E-state index is -0.706. The lowest BCUT2D eigenvalue weighted by Gasteiger charge is -2.25. The third-order valence-corrected chi connectivity index (χ3v) is 2.74. The fraction of sp³-hybridized carbons (Fsp3) is 0.133. The quantitative estimate of drug-likeness (QED) is 0.862. The van der Waals surface area contributed by atoms with Crippen LogP contribution in [0.1, 0.15) is 12.5 Å². The molecule has 84 valence electrons. The maximum absolute atomic E-state index is 9.39. The summed E-state index contributed by atoms with van der Waals surface area (Å²) in [6.45, 7) is 1.88. The Bertz CT molecular complexity index is 514. The molecule has 1 unspecified atom stereocenters. The van der Waals surface area contributed by atoms with Crippen LogP contribution in [0, 0.1) is 11.3 Å². The van der Waals surface area contributed by atoms with E-state index in [9.17, 15) is 5.26 Å². The Morgan fingerprint density at radius 2 is 1.47 bits per heavy atom. The molecule has 0 aliphatic rings. The second-order valence-electron chi connectivity index (χ2n) is 4.09. The minimum absolute atomic E-state index is 0.706. The van der Waals surface area contributed by atoms with Crippen molar-refractivity contribution >= 4 is 5.69 Å². The van der Waals surface area contributed by atoms with E-state index >= 15 is 0 Å². The standard InChI is InChI=1S/C15H14N2/c1-15(12-16,13-8-4-2-5-9-13)17-14-10-6-3-7-11-14/h2-11,17H,1H3. The molecule has 0 saturated heterocycles. The molecule has 0 fully saturated rings. The normalized spacial score (nSPS) is 13.4. The van der Waals surface area contributed by atoms with Crippen molar-refractivity contribution in [1.29, 1.82) is 5.26 Å². The summed E-state index contributed by atoms with van der Waals surface area (Å²) in [5.41, 5.74) is 1.20. The maximum Gasteiger partial charge on any atom is 0.148 e. The van der Waals surface area contributed by atoms with E-state index in [0.717, 1.165) is 11.3 Å². The van der Waals surface area contributed by atoms with Crippen LogP contribution >= 0.6 is 0 Å². The summed E-state index contributed by atoms with van der Waals surface area (Å²) in [6, 6.07) is 21.8. The van der Waals surface area contributed by atoms with Crippen molar-refractivity contribution in [1.82, 2.24) is 0 Å². The first-order valence-corrected chi connectivity index (χ1v) is 5.54. The summed E-state index contributed by atoms with van der Waals surface area (Å²) in [7, 11) is 0. The summed E-state index contributed by atoms with van der Waals surface area (Å²) >= 11 is 0. The van der Waals surface area contributed by atoms with Crippen LogP contribution in [-0.2, 0) is 5.54 Å². The van der Waals surface area contributed by atoms with Crippen LogP contribution in [-0.4, -0.2) is 0 Å². The Hall–Kier alpha value is -2.27. The first kappa shape index (κ1) is 11.2. The zero-order chi connectivity index (χ0) is 12.1. The molecule has 2 rings (SSSR count). The molecule has 2 nitrogen and oxygen atoms in total. The molecular weight excluding hydrogens is 208 g/mol. The number of hydrogen-bond donors (Lipinski definition) is 1. The summed E-state index contributed by atoms with van der Waals surface area (Å²) in [6.07, 6.45) is 0. The largest absolute Gasteiger partial charge is 0.364 e. The third-order valence-electron chi connectivity index (χ3n) is 2.74. The van der Waals surface area contributed by atoms with Crippen LogP contribution in [0.15, 0.2) is 60.7 Å². The molecule has 0 radical (unpaired) electrons. The summed E-state index contributed by atoms with van der Waals surface area (Å²) < 4.78 is 0. The van der Waals surface area contributed by atoms with Gasteiger partial charge in [-0.3, -0.25) is 0 Å². The van der Waals surface area contributed by atoms with Crippen LogP contribution in [0.25, 0.3) is 0 Å². The van der Waals surface area contributed by atoms with E-state index in [4.69, 9.17) is 0 Å². The van der Waals surface area contributed by atoms with Gasteiger partial charge in [-0.25, -0.2) is 0 Å². The van der Waals surface area contributed by atoms with Gasteiger partial charge in [0.05, 0.1) is 6.07 Å². The summed E-state index contributed by atoms with van der Waals surface area (Å²) in [5.74, 6) is 0. The number of anilines is 1. The Balaban J connectivity index is 2.31. The van der Waals surface area contributed by atoms with Gasteiger partial charge in [-0.15, -0.1) is 0 Å². The summed E-state index contributed by atoms with van der Waals surface area (Å²) in [5, 5.41) is 12.6. The molecule has 0 heterocycles. The molecule has 0 bridgehead atoms. The van der Waals surface area contributed by atoms with Gasteiger partial charge in [0.2, 0.25) is 0 Å². The van der Waals surface area contributed by atoms with Crippen molar-refractivity contribution in [3.8, 4) is 6.07 Å². The van der Waals surface area contributed by atoms with E-state index < -0.39 is 5.54 Å². The number of nitrogens with zero attached hydrogens (tertiary/aromatic N) is 1. The lowest BCUT2D eigenvalue weighted by Crippen LogP contribution is -2.29. The van der Waals surface area contributed by atoms with E-state index in [1.807, 2.05) is 67.6 Å². The third kappa shape index (κ3) is 2.46. The van der Waals surface area contributed by atoms with Crippen LogP contribution in [0.5, 0.6) is 0 Å². The van der Waals surface area contributed by atoms with Crippen molar-refractivity contribution in [2.45, 2.75) is 12.5 Å². The molecule has 0 spiro atoms. The Kier molecular flexibility index (Phi) is 3.11. The SMILES string of the molecule is CC(C#N)(Nc1ccccc1)c1ccccc1. The monoisotopic (exact) mass is 222 g/mol. The molecule has 2 aromatic carbocycles. The van der Waals surface area contributed by atoms with Crippen molar-refractivity contribution in [3.63, 3.8) is 0 Å². The molecule has 1 atom stereocenters. The van der Waals surface area contributed by atoms with E-state index in [1.54, 1.807) is 0 Å². The van der Waals surface area contributed by atoms with Gasteiger partial charge in [0, 0.05) is 5.69 Å². The van der Waals surface area contributed by atoms with Gasteiger partial charge in [-0.2, -0.15) is 5.26 Å². The van der Waals surface area contributed by atoms with Gasteiger partial charge in [-0.1, -0.05) is 48.5 Å². The van der Waals surface area contributed by atoms with Crippen LogP contribution in [0.2, 0.25) is 0 Å². The second-order valence-corrected chi connectivity index (χ2v) is 4.09. The van der Waals surface area contributed by atoms with E-state index in [-0.39, 0.29) is 0 Å². The van der Waals surface area contributed by atoms with Crippen molar-refractivity contribution in [3.05, 3.63) is 66.2 Å². The van der Waals surface area contributed by atoms with E-state index in [1.165, 1.54) is 0 Å². The van der Waals surface area contributed by atoms with Crippen molar-refractivity contribution < 1.29 is 0 Å². The van der Waals surface area contributed by atoms with Gasteiger partial charge in [0.1, 0.15) is 5.54 Å². The fourth-order valence-corrected chi connectivity index (χ4v) is 1.75. The predicted molar refractivity (Wildman–Crippen MR) is 69.5 cm³/mol. The smallest absolute Gasteiger partial charge is 0.148 e. The zero-order valence-corrected chi connectivity index (χ0v) is 9.72. The number of rotatable bonds is 3. The van der Waals surface area contributed by atoms with Gasteiger partial charge >= 0.3 is 0 Å². The van der Waals surface area contributed by atoms with E-state index in [2.05, 4.69) is 11.4 Å². The first-order valence-electron chi connectivity index (χ1n) is 5.54. The van der Waals surface area contributed by atoms with Gasteiger partial charge < -0.3 is 5.32 Å². The van der Waals surface area contributed by atoms with Gasteiger partial charge in [0.25, 0.3) is 0 Å². The van der Waals surface area contributed by atoms with Gasteiger partial charge in [0.15, 0.2) is 0 Å². The highest BCUT2D eigenvalue weighted by Gasteiger charge is 2.25. The molecule has 0 aliphatic carbocycles. The summed E-state index contributed by atoms with van der Waals surface area (Å²) in [4.78, 5) is 0. The maximum atomic E-state index is 9.39. The molecule has 0 aliphatic heterocycles. The topological polar surface area (TPSA) is 35.8 Å². The zero-order valence-electron chi connectivity index (χ0n) is 9.72. The number of para-hydroxylation sites is 1. The molecular formula is C15H14N2. The number of nitrogens with one attached hydrogen (secondary N) is 1. The van der Waals surface area contributed by atoms with Crippen LogP contribution in [0.3, 0.4) is 0 Å². The fourth-order valence-electron chi connectivity index (χ4n) is 1.75. The highest BCUT2D eigenvalue weighted by molar-refractivity contribution is 5.50. The Labute approximate surface area is 102 Å². The minimum Gasteiger partial charge on any atom is -0.364 e. The predicted octanol–water partition coefficient (Wildman–Crippen LogP) is 3.54. The lowest BCUT2D eigenvalue weighted by molar-refractivity contribution is 0.706. The Morgan fingerprint density at radius 3 is 2.00 bits per heavy atom. The molecule has 2 aromatic rings. The average Bonchev–Trinajstić information content (AvgIpc) is 2.41. The molecule has 2 heteroatoms. The molecule has 0 aromatic heterocycles. The number of hydrogen-bond acceptors (Lipinski definition) is 2. The molecule has 1 N–H and O–H groups in total. The Morgan fingerprint density at radius 1 is 0.941 bits per heavy atom. The average molecular weight is 222 g/mol. The molecule has 0 amide bonds. The highest BCUT2D eigenvalue weighted by Crippen LogP contribution is 2.24. The number of benzene rings is 2. The molecule has 0 saturated carbocycles. The molecule has 17 heavy (non-hydrogen) atoms. The van der Waals surface area contributed by atoms with Crippen molar-refractivity contribution in [2.24, 2.45) is 0 Å². The van der Waals surface area contributed by atoms with Gasteiger partial charge in [-0.05, 0) is 24.6 Å². The first-order chi connectivity index (χ1) is 8.24. The number of nitriles is 1. The highest BCUT2D eigenvalue weighted by atomic mass is 15.0. The second kappa shape index (κ2) is 4.71. The lowest BCUT2D eigenvalue weighted by atomic mass is 9.93. The van der Waals surface area contributed by atoms with Crippen LogP contribution < -0.4 is 5.32 Å². The van der Waals surface area contributed by atoms with Crippen LogP contribution in [0.4, 0.5) is 5.69 Å².